The Labute approximate surface area is 185 Å². The molecule has 0 aliphatic carbocycles. The lowest BCUT2D eigenvalue weighted by atomic mass is 10.1. The molecule has 4 aromatic rings. The summed E-state index contributed by atoms with van der Waals surface area (Å²) < 4.78 is 20.3. The number of aromatic amines is 1. The van der Waals surface area contributed by atoms with Crippen LogP contribution in [0.4, 0.5) is 4.39 Å². The van der Waals surface area contributed by atoms with Crippen LogP contribution >= 0.6 is 27.5 Å². The van der Waals surface area contributed by atoms with Gasteiger partial charge in [0.05, 0.1) is 16.6 Å². The number of fused-ring (bicyclic) bond motifs is 1. The van der Waals surface area contributed by atoms with Crippen LogP contribution in [0.1, 0.15) is 17.0 Å². The Bertz CT molecular complexity index is 1310. The molecule has 0 amide bonds. The van der Waals surface area contributed by atoms with E-state index in [1.807, 2.05) is 36.4 Å². The zero-order chi connectivity index (χ0) is 21.1. The van der Waals surface area contributed by atoms with Crippen molar-refractivity contribution in [3.05, 3.63) is 92.9 Å². The largest absolute Gasteiger partial charge is 0.488 e. The van der Waals surface area contributed by atoms with Crippen molar-refractivity contribution < 1.29 is 9.13 Å². The highest BCUT2D eigenvalue weighted by molar-refractivity contribution is 9.10. The molecular weight excluding hydrogens is 469 g/mol. The van der Waals surface area contributed by atoms with Gasteiger partial charge < -0.3 is 9.72 Å². The van der Waals surface area contributed by atoms with E-state index in [1.54, 1.807) is 18.2 Å². The summed E-state index contributed by atoms with van der Waals surface area (Å²) in [6.07, 6.45) is 1.68. The average Bonchev–Trinajstić information content (AvgIpc) is 3.15. The fraction of sp³-hybridized carbons (Fsp3) is 0.0435. The fourth-order valence-electron chi connectivity index (χ4n) is 2.95. The smallest absolute Gasteiger partial charge is 0.149 e. The van der Waals surface area contributed by atoms with Crippen LogP contribution in [-0.4, -0.2) is 9.97 Å². The Hall–Kier alpha value is -3.14. The van der Waals surface area contributed by atoms with Crippen LogP contribution in [0.25, 0.3) is 22.7 Å². The molecule has 1 N–H and O–H groups in total. The number of rotatable bonds is 5. The number of nitriles is 1. The maximum Gasteiger partial charge on any atom is 0.149 e. The molecule has 0 aliphatic heterocycles. The number of ether oxygens (including phenoxy) is 1. The highest BCUT2D eigenvalue weighted by Crippen LogP contribution is 2.29. The molecular formula is C23H14BrClFN3O. The van der Waals surface area contributed by atoms with Crippen LogP contribution in [0.2, 0.25) is 5.02 Å². The number of nitrogens with one attached hydrogen (secondary N) is 1. The number of hydrogen-bond acceptors (Lipinski definition) is 3. The summed E-state index contributed by atoms with van der Waals surface area (Å²) in [6.45, 7) is 0.286. The lowest BCUT2D eigenvalue weighted by Gasteiger charge is -2.11. The molecule has 0 fully saturated rings. The molecule has 4 nitrogen and oxygen atoms in total. The van der Waals surface area contributed by atoms with Gasteiger partial charge in [-0.05, 0) is 48.5 Å². The first kappa shape index (κ1) is 20.1. The molecule has 1 heterocycles. The predicted molar refractivity (Wildman–Crippen MR) is 119 cm³/mol. The van der Waals surface area contributed by atoms with Crippen molar-refractivity contribution in [3.63, 3.8) is 0 Å². The Morgan fingerprint density at radius 1 is 1.20 bits per heavy atom. The molecule has 0 bridgehead atoms. The minimum absolute atomic E-state index is 0.286. The van der Waals surface area contributed by atoms with E-state index in [-0.39, 0.29) is 12.4 Å². The molecule has 1 aromatic heterocycles. The molecule has 148 valence electrons. The number of aromatic nitrogens is 2. The second-order valence-corrected chi connectivity index (χ2v) is 7.80. The topological polar surface area (TPSA) is 61.7 Å². The number of allylic oxidation sites excluding steroid dienone is 1. The van der Waals surface area contributed by atoms with Gasteiger partial charge in [-0.2, -0.15) is 5.26 Å². The lowest BCUT2D eigenvalue weighted by Crippen LogP contribution is -1.98. The molecule has 0 atom stereocenters. The van der Waals surface area contributed by atoms with E-state index >= 15 is 0 Å². The molecule has 0 radical (unpaired) electrons. The zero-order valence-corrected chi connectivity index (χ0v) is 17.8. The summed E-state index contributed by atoms with van der Waals surface area (Å²) in [6, 6.07) is 19.4. The highest BCUT2D eigenvalue weighted by atomic mass is 79.9. The van der Waals surface area contributed by atoms with Crippen LogP contribution in [0.5, 0.6) is 5.75 Å². The van der Waals surface area contributed by atoms with Crippen molar-refractivity contribution in [2.24, 2.45) is 0 Å². The van der Waals surface area contributed by atoms with Gasteiger partial charge in [-0.15, -0.1) is 0 Å². The van der Waals surface area contributed by atoms with E-state index in [0.717, 1.165) is 10.0 Å². The van der Waals surface area contributed by atoms with Crippen molar-refractivity contribution in [2.45, 2.75) is 6.61 Å². The Morgan fingerprint density at radius 3 is 2.83 bits per heavy atom. The number of imidazole rings is 1. The van der Waals surface area contributed by atoms with Gasteiger partial charge in [-0.3, -0.25) is 0 Å². The SMILES string of the molecule is N#C/C(=C/c1cc(Br)ccc1OCc1ccccc1Cl)c1nc2ccc(F)cc2[nH]1. The summed E-state index contributed by atoms with van der Waals surface area (Å²) in [5.41, 5.74) is 2.95. The molecule has 7 heteroatoms. The van der Waals surface area contributed by atoms with Gasteiger partial charge in [0.2, 0.25) is 0 Å². The summed E-state index contributed by atoms with van der Waals surface area (Å²) in [7, 11) is 0. The molecule has 4 rings (SSSR count). The van der Waals surface area contributed by atoms with E-state index in [2.05, 4.69) is 32.0 Å². The standard InChI is InChI=1S/C23H14BrClFN3O/c24-17-5-8-22(30-13-14-3-1-2-4-19(14)25)15(10-17)9-16(12-27)23-28-20-7-6-18(26)11-21(20)29-23/h1-11H,13H2,(H,28,29)/b16-9-. The quantitative estimate of drug-likeness (QED) is 0.320. The van der Waals surface area contributed by atoms with Gasteiger partial charge in [0.15, 0.2) is 0 Å². The van der Waals surface area contributed by atoms with E-state index < -0.39 is 0 Å². The molecule has 30 heavy (non-hydrogen) atoms. The molecule has 0 unspecified atom stereocenters. The Morgan fingerprint density at radius 2 is 2.03 bits per heavy atom. The van der Waals surface area contributed by atoms with Gasteiger partial charge in [-0.1, -0.05) is 45.7 Å². The summed E-state index contributed by atoms with van der Waals surface area (Å²) in [4.78, 5) is 7.39. The van der Waals surface area contributed by atoms with Crippen LogP contribution < -0.4 is 4.74 Å². The maximum atomic E-state index is 13.5. The summed E-state index contributed by atoms with van der Waals surface area (Å²) >= 11 is 9.66. The van der Waals surface area contributed by atoms with E-state index in [0.29, 0.717) is 38.8 Å². The normalized spacial score (nSPS) is 11.5. The van der Waals surface area contributed by atoms with Crippen molar-refractivity contribution in [1.82, 2.24) is 9.97 Å². The van der Waals surface area contributed by atoms with Crippen LogP contribution in [0, 0.1) is 17.1 Å². The first-order valence-corrected chi connectivity index (χ1v) is 10.1. The van der Waals surface area contributed by atoms with Gasteiger partial charge in [0.25, 0.3) is 0 Å². The maximum absolute atomic E-state index is 13.5. The van der Waals surface area contributed by atoms with Gasteiger partial charge >= 0.3 is 0 Å². The van der Waals surface area contributed by atoms with Crippen LogP contribution in [0.3, 0.4) is 0 Å². The number of H-pyrrole nitrogens is 1. The monoisotopic (exact) mass is 481 g/mol. The summed E-state index contributed by atoms with van der Waals surface area (Å²) in [5, 5.41) is 10.3. The molecule has 3 aromatic carbocycles. The number of nitrogens with zero attached hydrogens (tertiary/aromatic N) is 2. The first-order chi connectivity index (χ1) is 14.5. The van der Waals surface area contributed by atoms with Crippen LogP contribution in [-0.2, 0) is 6.61 Å². The predicted octanol–water partition coefficient (Wildman–Crippen LogP) is 6.76. The van der Waals surface area contributed by atoms with Gasteiger partial charge in [-0.25, -0.2) is 9.37 Å². The molecule has 0 aliphatic rings. The minimum Gasteiger partial charge on any atom is -0.488 e. The van der Waals surface area contributed by atoms with Crippen LogP contribution in [0.15, 0.2) is 65.1 Å². The lowest BCUT2D eigenvalue weighted by molar-refractivity contribution is 0.305. The third-order valence-electron chi connectivity index (χ3n) is 4.43. The molecule has 0 spiro atoms. The second kappa shape index (κ2) is 8.70. The highest BCUT2D eigenvalue weighted by Gasteiger charge is 2.11. The van der Waals surface area contributed by atoms with E-state index in [4.69, 9.17) is 16.3 Å². The van der Waals surface area contributed by atoms with E-state index in [9.17, 15) is 9.65 Å². The molecule has 0 saturated heterocycles. The van der Waals surface area contributed by atoms with Crippen molar-refractivity contribution in [2.75, 3.05) is 0 Å². The summed E-state index contributed by atoms with van der Waals surface area (Å²) in [5.74, 6) is 0.575. The first-order valence-electron chi connectivity index (χ1n) is 8.96. The van der Waals surface area contributed by atoms with Gasteiger partial charge in [0.1, 0.15) is 30.1 Å². The Kier molecular flexibility index (Phi) is 5.84. The third-order valence-corrected chi connectivity index (χ3v) is 5.29. The van der Waals surface area contributed by atoms with Crippen molar-refractivity contribution in [3.8, 4) is 11.8 Å². The Balaban J connectivity index is 1.69. The van der Waals surface area contributed by atoms with E-state index in [1.165, 1.54) is 12.1 Å². The third kappa shape index (κ3) is 4.38. The van der Waals surface area contributed by atoms with Gasteiger partial charge in [0, 0.05) is 20.6 Å². The second-order valence-electron chi connectivity index (χ2n) is 6.48. The molecule has 0 saturated carbocycles. The minimum atomic E-state index is -0.373. The van der Waals surface area contributed by atoms with Crippen molar-refractivity contribution >= 4 is 50.2 Å². The fourth-order valence-corrected chi connectivity index (χ4v) is 3.52. The number of hydrogen-bond donors (Lipinski definition) is 1. The number of halogens is 3. The average molecular weight is 483 g/mol. The van der Waals surface area contributed by atoms with Crippen molar-refractivity contribution in [1.29, 1.82) is 5.26 Å². The number of benzene rings is 3. The zero-order valence-electron chi connectivity index (χ0n) is 15.5.